The monoisotopic (exact) mass is 145 g/mol. The molecule has 48 valence electrons. The van der Waals surface area contributed by atoms with E-state index in [4.69, 9.17) is 5.73 Å². The number of anilines is 1. The van der Waals surface area contributed by atoms with Crippen LogP contribution in [0.3, 0.4) is 0 Å². The predicted molar refractivity (Wildman–Crippen MR) is 33.2 cm³/mol. The fraction of sp³-hybridized carbons (Fsp3) is 0. The summed E-state index contributed by atoms with van der Waals surface area (Å²) in [6.45, 7) is 0. The van der Waals surface area contributed by atoms with Crippen LogP contribution in [0.4, 0.5) is 11.5 Å². The summed E-state index contributed by atoms with van der Waals surface area (Å²) in [5.74, 6) is -0.00926. The van der Waals surface area contributed by atoms with Crippen LogP contribution in [0.25, 0.3) is 0 Å². The molecule has 0 saturated heterocycles. The molecule has 0 unspecified atom stereocenters. The summed E-state index contributed by atoms with van der Waals surface area (Å²) >= 11 is 0.978. The number of rotatable bonds is 1. The zero-order valence-corrected chi connectivity index (χ0v) is 5.09. The molecule has 0 fully saturated rings. The highest BCUT2D eigenvalue weighted by atomic mass is 32.1. The van der Waals surface area contributed by atoms with Gasteiger partial charge in [-0.3, -0.25) is 10.1 Å². The van der Waals surface area contributed by atoms with Crippen LogP contribution < -0.4 is 5.73 Å². The molecule has 6 heteroatoms. The maximum Gasteiger partial charge on any atom is 0.323 e. The minimum absolute atomic E-state index is 0.00926. The van der Waals surface area contributed by atoms with E-state index in [1.54, 1.807) is 0 Å². The van der Waals surface area contributed by atoms with Crippen molar-refractivity contribution in [1.29, 1.82) is 0 Å². The Morgan fingerprint density at radius 3 is 2.78 bits per heavy atom. The molecular formula is C3H3N3O2S. The minimum atomic E-state index is -0.557. The van der Waals surface area contributed by atoms with Crippen molar-refractivity contribution >= 4 is 23.0 Å². The van der Waals surface area contributed by atoms with E-state index in [-0.39, 0.29) is 11.5 Å². The number of nitrogens with two attached hydrogens (primary N) is 1. The average Bonchev–Trinajstić information content (AvgIpc) is 2.13. The van der Waals surface area contributed by atoms with Gasteiger partial charge in [0, 0.05) is 0 Å². The molecule has 0 saturated carbocycles. The van der Waals surface area contributed by atoms with Crippen LogP contribution in [0.5, 0.6) is 0 Å². The fourth-order valence-electron chi connectivity index (χ4n) is 0.377. The van der Waals surface area contributed by atoms with Crippen molar-refractivity contribution in [3.63, 3.8) is 0 Å². The van der Waals surface area contributed by atoms with Gasteiger partial charge in [-0.1, -0.05) is 0 Å². The third-order valence-corrected chi connectivity index (χ3v) is 1.41. The number of hydrogen-bond donors (Lipinski definition) is 1. The standard InChI is InChI=1S/C3H3N3O2S/c4-3-2(6(7)8)1-9-5-3/h1H,(H2,4,5). The summed E-state index contributed by atoms with van der Waals surface area (Å²) in [4.78, 5) is 9.42. The smallest absolute Gasteiger partial charge is 0.323 e. The molecule has 9 heavy (non-hydrogen) atoms. The van der Waals surface area contributed by atoms with E-state index in [2.05, 4.69) is 4.37 Å². The molecule has 2 N–H and O–H groups in total. The number of aromatic nitrogens is 1. The van der Waals surface area contributed by atoms with E-state index in [9.17, 15) is 10.1 Å². The average molecular weight is 145 g/mol. The molecular weight excluding hydrogens is 142 g/mol. The molecule has 0 aliphatic heterocycles. The summed E-state index contributed by atoms with van der Waals surface area (Å²) in [7, 11) is 0. The second-order valence-electron chi connectivity index (χ2n) is 1.34. The van der Waals surface area contributed by atoms with E-state index in [1.165, 1.54) is 5.38 Å². The summed E-state index contributed by atoms with van der Waals surface area (Å²) in [6, 6.07) is 0. The SMILES string of the molecule is Nc1nscc1[N+](=O)[O-]. The molecule has 1 rings (SSSR count). The lowest BCUT2D eigenvalue weighted by molar-refractivity contribution is -0.383. The van der Waals surface area contributed by atoms with Crippen LogP contribution in [-0.4, -0.2) is 9.30 Å². The van der Waals surface area contributed by atoms with Crippen LogP contribution in [0.1, 0.15) is 0 Å². The van der Waals surface area contributed by atoms with E-state index < -0.39 is 4.92 Å². The van der Waals surface area contributed by atoms with Crippen molar-refractivity contribution in [2.24, 2.45) is 0 Å². The fourth-order valence-corrected chi connectivity index (χ4v) is 0.943. The topological polar surface area (TPSA) is 82.0 Å². The zero-order chi connectivity index (χ0) is 6.85. The van der Waals surface area contributed by atoms with E-state index >= 15 is 0 Å². The molecule has 5 nitrogen and oxygen atoms in total. The highest BCUT2D eigenvalue weighted by Crippen LogP contribution is 2.20. The predicted octanol–water partition coefficient (Wildman–Crippen LogP) is 0.633. The van der Waals surface area contributed by atoms with Crippen molar-refractivity contribution in [3.8, 4) is 0 Å². The molecule has 0 amide bonds. The van der Waals surface area contributed by atoms with Gasteiger partial charge in [0.25, 0.3) is 0 Å². The Kier molecular flexibility index (Phi) is 1.31. The van der Waals surface area contributed by atoms with Crippen LogP contribution >= 0.6 is 11.5 Å². The maximum absolute atomic E-state index is 9.98. The Balaban J connectivity index is 3.08. The van der Waals surface area contributed by atoms with Gasteiger partial charge < -0.3 is 5.73 Å². The first kappa shape index (κ1) is 5.96. The number of hydrogen-bond acceptors (Lipinski definition) is 5. The van der Waals surface area contributed by atoms with Gasteiger partial charge in [0.1, 0.15) is 0 Å². The lowest BCUT2D eigenvalue weighted by Crippen LogP contribution is -1.91. The summed E-state index contributed by atoms with van der Waals surface area (Å²) in [6.07, 6.45) is 0. The van der Waals surface area contributed by atoms with Gasteiger partial charge in [-0.2, -0.15) is 4.37 Å². The largest absolute Gasteiger partial charge is 0.377 e. The van der Waals surface area contributed by atoms with Crippen LogP contribution in [-0.2, 0) is 0 Å². The van der Waals surface area contributed by atoms with Crippen molar-refractivity contribution in [1.82, 2.24) is 4.37 Å². The first-order chi connectivity index (χ1) is 4.22. The van der Waals surface area contributed by atoms with Gasteiger partial charge >= 0.3 is 5.69 Å². The maximum atomic E-state index is 9.98. The Labute approximate surface area is 54.4 Å². The van der Waals surface area contributed by atoms with Crippen molar-refractivity contribution < 1.29 is 4.92 Å². The second kappa shape index (κ2) is 1.98. The first-order valence-corrected chi connectivity index (χ1v) is 2.89. The molecule has 0 aliphatic rings. The van der Waals surface area contributed by atoms with Gasteiger partial charge in [-0.25, -0.2) is 0 Å². The van der Waals surface area contributed by atoms with Gasteiger partial charge in [0.15, 0.2) is 0 Å². The highest BCUT2D eigenvalue weighted by Gasteiger charge is 2.11. The molecule has 0 radical (unpaired) electrons. The Hall–Kier alpha value is -1.17. The van der Waals surface area contributed by atoms with E-state index in [1.807, 2.05) is 0 Å². The van der Waals surface area contributed by atoms with Gasteiger partial charge in [-0.05, 0) is 11.5 Å². The first-order valence-electron chi connectivity index (χ1n) is 2.06. The van der Waals surface area contributed by atoms with Crippen molar-refractivity contribution in [2.45, 2.75) is 0 Å². The van der Waals surface area contributed by atoms with Crippen molar-refractivity contribution in [3.05, 3.63) is 15.5 Å². The Bertz CT molecular complexity index is 233. The van der Waals surface area contributed by atoms with Gasteiger partial charge in [-0.15, -0.1) is 0 Å². The molecule has 1 heterocycles. The van der Waals surface area contributed by atoms with E-state index in [0.29, 0.717) is 0 Å². The highest BCUT2D eigenvalue weighted by molar-refractivity contribution is 7.04. The van der Waals surface area contributed by atoms with Crippen LogP contribution in [0, 0.1) is 10.1 Å². The summed E-state index contributed by atoms with van der Waals surface area (Å²) < 4.78 is 3.52. The zero-order valence-electron chi connectivity index (χ0n) is 4.27. The van der Waals surface area contributed by atoms with Crippen LogP contribution in [0.2, 0.25) is 0 Å². The molecule has 1 aromatic rings. The number of nitrogens with zero attached hydrogens (tertiary/aromatic N) is 2. The molecule has 0 bridgehead atoms. The molecule has 0 spiro atoms. The normalized spacial score (nSPS) is 9.33. The Morgan fingerprint density at radius 2 is 2.56 bits per heavy atom. The number of nitro groups is 1. The lowest BCUT2D eigenvalue weighted by Gasteiger charge is -1.82. The van der Waals surface area contributed by atoms with Crippen LogP contribution in [0.15, 0.2) is 5.38 Å². The molecule has 1 aromatic heterocycles. The van der Waals surface area contributed by atoms with Crippen molar-refractivity contribution in [2.75, 3.05) is 5.73 Å². The molecule has 0 aliphatic carbocycles. The third-order valence-electron chi connectivity index (χ3n) is 0.775. The van der Waals surface area contributed by atoms with E-state index in [0.717, 1.165) is 11.5 Å². The quantitative estimate of drug-likeness (QED) is 0.464. The number of nitrogen functional groups attached to an aromatic ring is 1. The summed E-state index contributed by atoms with van der Waals surface area (Å²) in [5.41, 5.74) is 4.99. The van der Waals surface area contributed by atoms with Gasteiger partial charge in [0.2, 0.25) is 5.82 Å². The molecule has 0 atom stereocenters. The Morgan fingerprint density at radius 1 is 1.89 bits per heavy atom. The lowest BCUT2D eigenvalue weighted by atomic mass is 10.6. The second-order valence-corrected chi connectivity index (χ2v) is 1.97. The minimum Gasteiger partial charge on any atom is -0.377 e. The third kappa shape index (κ3) is 0.968. The summed E-state index contributed by atoms with van der Waals surface area (Å²) in [5, 5.41) is 11.3. The van der Waals surface area contributed by atoms with Gasteiger partial charge in [0.05, 0.1) is 10.3 Å². The molecule has 0 aromatic carbocycles.